The van der Waals surface area contributed by atoms with E-state index in [4.69, 9.17) is 0 Å². The third-order valence-corrected chi connectivity index (χ3v) is 5.87. The largest absolute Gasteiger partial charge is 0.366 e. The van der Waals surface area contributed by atoms with Gasteiger partial charge in [-0.05, 0) is 60.4 Å². The summed E-state index contributed by atoms with van der Waals surface area (Å²) < 4.78 is 0. The minimum Gasteiger partial charge on any atom is -0.366 e. The number of anilines is 1. The molecule has 0 atom stereocenters. The Morgan fingerprint density at radius 2 is 1.87 bits per heavy atom. The highest BCUT2D eigenvalue weighted by molar-refractivity contribution is 5.91. The number of fused-ring (bicyclic) bond motifs is 2. The van der Waals surface area contributed by atoms with Crippen molar-refractivity contribution in [1.29, 1.82) is 0 Å². The maximum atomic E-state index is 12.4. The third kappa shape index (κ3) is 3.86. The number of hydrogen-bond acceptors (Lipinski definition) is 3. The number of likely N-dealkylation sites (N-methyl/N-ethyl adjacent to an activating group) is 1. The lowest BCUT2D eigenvalue weighted by Gasteiger charge is -2.40. The van der Waals surface area contributed by atoms with Crippen molar-refractivity contribution in [3.63, 3.8) is 0 Å². The number of carbonyl (C=O) groups is 1. The van der Waals surface area contributed by atoms with Gasteiger partial charge in [0.1, 0.15) is 0 Å². The first-order valence-corrected chi connectivity index (χ1v) is 10.2. The van der Waals surface area contributed by atoms with Crippen LogP contribution >= 0.6 is 0 Å². The lowest BCUT2D eigenvalue weighted by Crippen LogP contribution is -2.42. The molecule has 0 fully saturated rings. The fourth-order valence-corrected chi connectivity index (χ4v) is 4.10. The van der Waals surface area contributed by atoms with Crippen molar-refractivity contribution in [2.75, 3.05) is 11.9 Å². The van der Waals surface area contributed by atoms with Crippen LogP contribution in [0.2, 0.25) is 0 Å². The standard InChI is InChI=1S/C26H27N3O/c1-18-16-26(2,3)29(4)24-13-12-19(14-23(18)24)17-27-28-25(30)15-21-10-7-9-20-8-5-6-11-22(20)21/h5-14,16-17H,15H2,1-4H3,(H,28,30)/b27-17-. The highest BCUT2D eigenvalue weighted by Crippen LogP contribution is 2.37. The van der Waals surface area contributed by atoms with E-state index in [1.807, 2.05) is 36.4 Å². The van der Waals surface area contributed by atoms with Gasteiger partial charge in [0.2, 0.25) is 5.91 Å². The molecule has 4 rings (SSSR count). The second-order valence-electron chi connectivity index (χ2n) is 8.42. The Bertz CT molecular complexity index is 1170. The van der Waals surface area contributed by atoms with Crippen LogP contribution in [0.25, 0.3) is 16.3 Å². The van der Waals surface area contributed by atoms with Crippen LogP contribution in [-0.4, -0.2) is 24.7 Å². The summed E-state index contributed by atoms with van der Waals surface area (Å²) in [6, 6.07) is 20.4. The Hall–Kier alpha value is -3.40. The van der Waals surface area contributed by atoms with Crippen molar-refractivity contribution in [3.05, 3.63) is 83.4 Å². The van der Waals surface area contributed by atoms with E-state index in [9.17, 15) is 4.79 Å². The number of allylic oxidation sites excluding steroid dienone is 1. The van der Waals surface area contributed by atoms with E-state index < -0.39 is 0 Å². The van der Waals surface area contributed by atoms with Crippen molar-refractivity contribution in [1.82, 2.24) is 5.43 Å². The van der Waals surface area contributed by atoms with E-state index in [0.29, 0.717) is 6.42 Å². The van der Waals surface area contributed by atoms with Crippen LogP contribution in [0.5, 0.6) is 0 Å². The molecule has 30 heavy (non-hydrogen) atoms. The molecule has 0 bridgehead atoms. The highest BCUT2D eigenvalue weighted by atomic mass is 16.2. The number of amides is 1. The first-order valence-electron chi connectivity index (χ1n) is 10.2. The van der Waals surface area contributed by atoms with Crippen LogP contribution in [0.15, 0.2) is 71.8 Å². The van der Waals surface area contributed by atoms with Gasteiger partial charge in [-0.3, -0.25) is 4.79 Å². The molecule has 4 heteroatoms. The maximum Gasteiger partial charge on any atom is 0.244 e. The normalized spacial score (nSPS) is 15.2. The quantitative estimate of drug-likeness (QED) is 0.488. The fraction of sp³-hybridized carbons (Fsp3) is 0.231. The Balaban J connectivity index is 1.46. The summed E-state index contributed by atoms with van der Waals surface area (Å²) in [4.78, 5) is 14.7. The average molecular weight is 398 g/mol. The van der Waals surface area contributed by atoms with E-state index in [1.165, 1.54) is 16.8 Å². The van der Waals surface area contributed by atoms with Gasteiger partial charge < -0.3 is 4.90 Å². The molecule has 3 aromatic carbocycles. The molecular weight excluding hydrogens is 370 g/mol. The SMILES string of the molecule is CC1=CC(C)(C)N(C)c2ccc(/C=N\NC(=O)Cc3cccc4ccccc34)cc21. The third-order valence-electron chi connectivity index (χ3n) is 5.87. The number of benzene rings is 3. The predicted molar refractivity (Wildman–Crippen MR) is 126 cm³/mol. The molecule has 0 unspecified atom stereocenters. The minimum absolute atomic E-state index is 0.0116. The predicted octanol–water partition coefficient (Wildman–Crippen LogP) is 5.16. The number of hydrazone groups is 1. The van der Waals surface area contributed by atoms with Gasteiger partial charge in [0.15, 0.2) is 0 Å². The molecule has 0 spiro atoms. The van der Waals surface area contributed by atoms with Crippen LogP contribution in [0.1, 0.15) is 37.5 Å². The number of nitrogens with one attached hydrogen (secondary N) is 1. The van der Waals surface area contributed by atoms with Crippen LogP contribution in [0, 0.1) is 0 Å². The molecule has 1 amide bonds. The second kappa shape index (κ2) is 7.79. The van der Waals surface area contributed by atoms with Crippen LogP contribution in [0.3, 0.4) is 0 Å². The van der Waals surface area contributed by atoms with Gasteiger partial charge in [-0.15, -0.1) is 0 Å². The number of carbonyl (C=O) groups excluding carboxylic acids is 1. The summed E-state index contributed by atoms with van der Waals surface area (Å²) in [7, 11) is 2.11. The number of rotatable bonds is 4. The molecule has 0 saturated heterocycles. The zero-order valence-electron chi connectivity index (χ0n) is 17.9. The van der Waals surface area contributed by atoms with Crippen molar-refractivity contribution >= 4 is 34.2 Å². The van der Waals surface area contributed by atoms with Gasteiger partial charge in [-0.25, -0.2) is 5.43 Å². The molecule has 3 aromatic rings. The number of hydrogen-bond donors (Lipinski definition) is 1. The van der Waals surface area contributed by atoms with Gasteiger partial charge in [0.05, 0.1) is 18.2 Å². The lowest BCUT2D eigenvalue weighted by atomic mass is 9.89. The Labute approximate surface area is 177 Å². The summed E-state index contributed by atoms with van der Waals surface area (Å²) in [5.74, 6) is -0.127. The molecule has 1 N–H and O–H groups in total. The van der Waals surface area contributed by atoms with Crippen molar-refractivity contribution in [2.45, 2.75) is 32.7 Å². The van der Waals surface area contributed by atoms with Gasteiger partial charge in [-0.2, -0.15) is 5.10 Å². The van der Waals surface area contributed by atoms with E-state index in [0.717, 1.165) is 21.9 Å². The second-order valence-corrected chi connectivity index (χ2v) is 8.42. The first kappa shape index (κ1) is 19.9. The smallest absolute Gasteiger partial charge is 0.244 e. The van der Waals surface area contributed by atoms with E-state index >= 15 is 0 Å². The molecule has 1 heterocycles. The Morgan fingerprint density at radius 3 is 2.70 bits per heavy atom. The van der Waals surface area contributed by atoms with Crippen LogP contribution in [-0.2, 0) is 11.2 Å². The summed E-state index contributed by atoms with van der Waals surface area (Å²) in [5.41, 5.74) is 8.27. The van der Waals surface area contributed by atoms with Crippen molar-refractivity contribution in [3.8, 4) is 0 Å². The van der Waals surface area contributed by atoms with E-state index in [1.54, 1.807) is 6.21 Å². The molecule has 4 nitrogen and oxygen atoms in total. The van der Waals surface area contributed by atoms with Gasteiger partial charge >= 0.3 is 0 Å². The summed E-state index contributed by atoms with van der Waals surface area (Å²) in [5, 5.41) is 6.42. The topological polar surface area (TPSA) is 44.7 Å². The lowest BCUT2D eigenvalue weighted by molar-refractivity contribution is -0.120. The Morgan fingerprint density at radius 1 is 1.10 bits per heavy atom. The average Bonchev–Trinajstić information content (AvgIpc) is 2.72. The van der Waals surface area contributed by atoms with Crippen molar-refractivity contribution < 1.29 is 4.79 Å². The molecular formula is C26H27N3O. The fourth-order valence-electron chi connectivity index (χ4n) is 4.10. The van der Waals surface area contributed by atoms with Gasteiger partial charge in [0.25, 0.3) is 0 Å². The molecule has 1 aliphatic rings. The Kier molecular flexibility index (Phi) is 5.17. The summed E-state index contributed by atoms with van der Waals surface area (Å²) in [6.45, 7) is 6.56. The monoisotopic (exact) mass is 397 g/mol. The zero-order chi connectivity index (χ0) is 21.3. The zero-order valence-corrected chi connectivity index (χ0v) is 17.9. The minimum atomic E-state index is -0.127. The first-order chi connectivity index (χ1) is 14.3. The molecule has 152 valence electrons. The maximum absolute atomic E-state index is 12.4. The molecule has 0 radical (unpaired) electrons. The summed E-state index contributed by atoms with van der Waals surface area (Å²) in [6.07, 6.45) is 4.28. The summed E-state index contributed by atoms with van der Waals surface area (Å²) >= 11 is 0. The van der Waals surface area contributed by atoms with Crippen LogP contribution in [0.4, 0.5) is 5.69 Å². The van der Waals surface area contributed by atoms with Crippen molar-refractivity contribution in [2.24, 2.45) is 5.10 Å². The molecule has 0 aliphatic carbocycles. The molecule has 0 saturated carbocycles. The van der Waals surface area contributed by atoms with E-state index in [-0.39, 0.29) is 11.4 Å². The number of nitrogens with zero attached hydrogens (tertiary/aromatic N) is 2. The van der Waals surface area contributed by atoms with Gasteiger partial charge in [0, 0.05) is 18.3 Å². The molecule has 0 aromatic heterocycles. The highest BCUT2D eigenvalue weighted by Gasteiger charge is 2.28. The molecule has 1 aliphatic heterocycles. The van der Waals surface area contributed by atoms with Crippen LogP contribution < -0.4 is 10.3 Å². The van der Waals surface area contributed by atoms with Gasteiger partial charge in [-0.1, -0.05) is 54.6 Å². The van der Waals surface area contributed by atoms with E-state index in [2.05, 4.69) is 73.6 Å².